The van der Waals surface area contributed by atoms with Crippen molar-refractivity contribution in [1.29, 1.82) is 0 Å². The van der Waals surface area contributed by atoms with Crippen molar-refractivity contribution >= 4 is 23.0 Å². The van der Waals surface area contributed by atoms with Crippen LogP contribution in [0.4, 0.5) is 0 Å². The minimum Gasteiger partial charge on any atom is -0.324 e. The molecule has 0 spiro atoms. The molecule has 0 bridgehead atoms. The molecule has 0 aliphatic rings. The normalized spacial score (nSPS) is 10.1. The SMILES string of the molecule is CP(C)(C)=O.CP(C)C.CP(C)C. The van der Waals surface area contributed by atoms with E-state index >= 15 is 0 Å². The fourth-order valence-electron chi connectivity index (χ4n) is 0. The number of hydrogen-bond acceptors (Lipinski definition) is 1. The van der Waals surface area contributed by atoms with Gasteiger partial charge in [0, 0.05) is 0 Å². The second-order valence-electron chi connectivity index (χ2n) is 4.57. The average Bonchev–Trinajstić information content (AvgIpc) is 1.50. The van der Waals surface area contributed by atoms with Crippen molar-refractivity contribution in [2.45, 2.75) is 0 Å². The third-order valence-electron chi connectivity index (χ3n) is 0. The van der Waals surface area contributed by atoms with Crippen LogP contribution < -0.4 is 0 Å². The first-order valence-corrected chi connectivity index (χ1v) is 12.6. The molecule has 4 heteroatoms. The van der Waals surface area contributed by atoms with Gasteiger partial charge >= 0.3 is 0 Å². The van der Waals surface area contributed by atoms with Gasteiger partial charge in [-0.2, -0.15) is 0 Å². The molecule has 13 heavy (non-hydrogen) atoms. The molecule has 0 aromatic heterocycles. The third-order valence-corrected chi connectivity index (χ3v) is 0. The van der Waals surface area contributed by atoms with Crippen LogP contribution in [-0.4, -0.2) is 60.0 Å². The van der Waals surface area contributed by atoms with Crippen molar-refractivity contribution in [3.63, 3.8) is 0 Å². The highest BCUT2D eigenvalue weighted by molar-refractivity contribution is 7.61. The third kappa shape index (κ3) is 1360. The van der Waals surface area contributed by atoms with Gasteiger partial charge in [0.2, 0.25) is 0 Å². The molecule has 0 atom stereocenters. The standard InChI is InChI=1S/C3H9OP.2C3H9P/c1-5(2,3)4;2*1-4(2)3/h1-3H3;2*1-3H3. The van der Waals surface area contributed by atoms with Crippen LogP contribution in [0.1, 0.15) is 0 Å². The van der Waals surface area contributed by atoms with E-state index in [1.807, 2.05) is 0 Å². The molecule has 0 fully saturated rings. The Hall–Kier alpha value is 1.09. The van der Waals surface area contributed by atoms with Crippen LogP contribution in [0.15, 0.2) is 0 Å². The van der Waals surface area contributed by atoms with Crippen LogP contribution in [-0.2, 0) is 4.57 Å². The Balaban J connectivity index is -0.000000117. The van der Waals surface area contributed by atoms with Crippen molar-refractivity contribution in [3.05, 3.63) is 0 Å². The molecule has 0 rings (SSSR count). The molecule has 0 heterocycles. The minimum atomic E-state index is -1.64. The van der Waals surface area contributed by atoms with Gasteiger partial charge < -0.3 is 4.57 Å². The van der Waals surface area contributed by atoms with Crippen molar-refractivity contribution < 1.29 is 4.57 Å². The highest BCUT2D eigenvalue weighted by atomic mass is 31.2. The molecular weight excluding hydrogens is 217 g/mol. The quantitative estimate of drug-likeness (QED) is 0.589. The Morgan fingerprint density at radius 2 is 0.692 bits per heavy atom. The van der Waals surface area contributed by atoms with Crippen LogP contribution >= 0.6 is 23.0 Å². The second kappa shape index (κ2) is 11.2. The summed E-state index contributed by atoms with van der Waals surface area (Å²) >= 11 is 0. The topological polar surface area (TPSA) is 17.1 Å². The fourth-order valence-corrected chi connectivity index (χ4v) is 0. The van der Waals surface area contributed by atoms with Crippen molar-refractivity contribution in [3.8, 4) is 0 Å². The summed E-state index contributed by atoms with van der Waals surface area (Å²) in [7, 11) is -0.880. The van der Waals surface area contributed by atoms with Gasteiger partial charge in [0.1, 0.15) is 0 Å². The first-order valence-electron chi connectivity index (χ1n) is 4.21. The molecule has 0 aromatic rings. The molecule has 0 N–H and O–H groups in total. The Morgan fingerprint density at radius 3 is 0.692 bits per heavy atom. The summed E-state index contributed by atoms with van der Waals surface area (Å²) in [6, 6.07) is 0. The Morgan fingerprint density at radius 1 is 0.692 bits per heavy atom. The van der Waals surface area contributed by atoms with Crippen molar-refractivity contribution in [1.82, 2.24) is 0 Å². The smallest absolute Gasteiger partial charge is 0.0790 e. The van der Waals surface area contributed by atoms with Gasteiger partial charge in [-0.15, -0.1) is 15.8 Å². The first-order chi connectivity index (χ1) is 5.46. The summed E-state index contributed by atoms with van der Waals surface area (Å²) in [6.07, 6.45) is 0. The van der Waals surface area contributed by atoms with E-state index in [0.717, 1.165) is 0 Å². The lowest BCUT2D eigenvalue weighted by atomic mass is 11.9. The Bertz CT molecular complexity index is 107. The van der Waals surface area contributed by atoms with Crippen LogP contribution in [0.3, 0.4) is 0 Å². The summed E-state index contributed by atoms with van der Waals surface area (Å²) < 4.78 is 10.2. The van der Waals surface area contributed by atoms with Gasteiger partial charge in [-0.1, -0.05) is 0 Å². The van der Waals surface area contributed by atoms with Gasteiger partial charge in [0.05, 0.1) is 7.14 Å². The largest absolute Gasteiger partial charge is 0.324 e. The monoisotopic (exact) mass is 244 g/mol. The van der Waals surface area contributed by atoms with Crippen LogP contribution in [0.5, 0.6) is 0 Å². The van der Waals surface area contributed by atoms with Gasteiger partial charge in [0.25, 0.3) is 0 Å². The summed E-state index contributed by atoms with van der Waals surface area (Å²) in [4.78, 5) is 0. The Kier molecular flexibility index (Phi) is 16.9. The lowest BCUT2D eigenvalue weighted by Gasteiger charge is -1.86. The molecule has 0 saturated carbocycles. The molecule has 0 radical (unpaired) electrons. The van der Waals surface area contributed by atoms with E-state index in [2.05, 4.69) is 40.0 Å². The van der Waals surface area contributed by atoms with Gasteiger partial charge in [-0.3, -0.25) is 0 Å². The van der Waals surface area contributed by atoms with E-state index in [1.165, 1.54) is 0 Å². The van der Waals surface area contributed by atoms with Gasteiger partial charge in [-0.05, 0) is 60.0 Å². The van der Waals surface area contributed by atoms with Gasteiger partial charge in [-0.25, -0.2) is 0 Å². The van der Waals surface area contributed by atoms with Gasteiger partial charge in [0.15, 0.2) is 0 Å². The first kappa shape index (κ1) is 19.6. The molecule has 0 aliphatic carbocycles. The van der Waals surface area contributed by atoms with E-state index < -0.39 is 7.14 Å². The van der Waals surface area contributed by atoms with E-state index in [4.69, 9.17) is 0 Å². The van der Waals surface area contributed by atoms with Crippen LogP contribution in [0.2, 0.25) is 0 Å². The number of rotatable bonds is 0. The highest BCUT2D eigenvalue weighted by Crippen LogP contribution is 2.28. The lowest BCUT2D eigenvalue weighted by Crippen LogP contribution is -1.61. The zero-order valence-electron chi connectivity index (χ0n) is 10.7. The lowest BCUT2D eigenvalue weighted by molar-refractivity contribution is 0.586. The zero-order valence-corrected chi connectivity index (χ0v) is 13.4. The molecule has 0 aromatic carbocycles. The van der Waals surface area contributed by atoms with E-state index in [-0.39, 0.29) is 0 Å². The van der Waals surface area contributed by atoms with Crippen LogP contribution in [0, 0.1) is 0 Å². The highest BCUT2D eigenvalue weighted by Gasteiger charge is 1.89. The van der Waals surface area contributed by atoms with E-state index in [0.29, 0.717) is 15.8 Å². The maximum absolute atomic E-state index is 10.2. The van der Waals surface area contributed by atoms with Crippen LogP contribution in [0.25, 0.3) is 0 Å². The fraction of sp³-hybridized carbons (Fsp3) is 1.00. The maximum Gasteiger partial charge on any atom is 0.0790 e. The van der Waals surface area contributed by atoms with Crippen molar-refractivity contribution in [2.24, 2.45) is 0 Å². The van der Waals surface area contributed by atoms with E-state index in [1.54, 1.807) is 20.0 Å². The second-order valence-corrected chi connectivity index (χ2v) is 13.7. The van der Waals surface area contributed by atoms with Crippen molar-refractivity contribution in [2.75, 3.05) is 60.0 Å². The molecule has 0 unspecified atom stereocenters. The minimum absolute atomic E-state index is 0.380. The molecule has 0 amide bonds. The zero-order chi connectivity index (χ0) is 11.7. The summed E-state index contributed by atoms with van der Waals surface area (Å²) in [5.41, 5.74) is 0. The molecule has 84 valence electrons. The average molecular weight is 244 g/mol. The predicted molar refractivity (Wildman–Crippen MR) is 74.8 cm³/mol. The Labute approximate surface area is 88.0 Å². The summed E-state index contributed by atoms with van der Waals surface area (Å²) in [6.45, 7) is 18.6. The number of hydrogen-bond donors (Lipinski definition) is 0. The molecule has 0 saturated heterocycles. The molecule has 0 aliphatic heterocycles. The van der Waals surface area contributed by atoms with E-state index in [9.17, 15) is 4.57 Å². The summed E-state index contributed by atoms with van der Waals surface area (Å²) in [5.74, 6) is 0. The summed E-state index contributed by atoms with van der Waals surface area (Å²) in [5, 5.41) is 0. The predicted octanol–water partition coefficient (Wildman–Crippen LogP) is 3.95. The molecule has 1 nitrogen and oxygen atoms in total. The maximum atomic E-state index is 10.2. The molecular formula is C9H27OP3.